The Morgan fingerprint density at radius 2 is 2.00 bits per heavy atom. The highest BCUT2D eigenvalue weighted by atomic mass is 14.9. The van der Waals surface area contributed by atoms with E-state index in [4.69, 9.17) is 0 Å². The van der Waals surface area contributed by atoms with E-state index in [1.807, 2.05) is 0 Å². The first-order valence-corrected chi connectivity index (χ1v) is 6.11. The molecule has 1 heteroatoms. The van der Waals surface area contributed by atoms with Gasteiger partial charge in [-0.1, -0.05) is 50.1 Å². The monoisotopic (exact) mass is 203 g/mol. The van der Waals surface area contributed by atoms with Gasteiger partial charge in [0.25, 0.3) is 0 Å². The topological polar surface area (TPSA) is 12.0 Å². The minimum Gasteiger partial charge on any atom is -0.312 e. The molecule has 0 heterocycles. The van der Waals surface area contributed by atoms with Crippen LogP contribution in [0.2, 0.25) is 0 Å². The van der Waals surface area contributed by atoms with Crippen molar-refractivity contribution in [2.45, 2.75) is 32.7 Å². The van der Waals surface area contributed by atoms with Gasteiger partial charge in [-0.05, 0) is 30.4 Å². The second kappa shape index (κ2) is 5.32. The van der Waals surface area contributed by atoms with Crippen LogP contribution >= 0.6 is 0 Å². The van der Waals surface area contributed by atoms with Crippen molar-refractivity contribution >= 4 is 0 Å². The van der Waals surface area contributed by atoms with E-state index in [0.29, 0.717) is 0 Å². The fourth-order valence-corrected chi connectivity index (χ4v) is 2.52. The summed E-state index contributed by atoms with van der Waals surface area (Å²) in [6.07, 6.45) is 4.28. The molecular formula is C14H21N. The molecule has 0 spiro atoms. The zero-order valence-corrected chi connectivity index (χ0v) is 9.58. The quantitative estimate of drug-likeness (QED) is 0.792. The maximum atomic E-state index is 3.57. The van der Waals surface area contributed by atoms with Gasteiger partial charge in [-0.15, -0.1) is 0 Å². The molecule has 0 aromatic heterocycles. The Kier molecular flexibility index (Phi) is 3.79. The molecule has 1 aliphatic carbocycles. The number of hydrogen-bond donors (Lipinski definition) is 1. The van der Waals surface area contributed by atoms with E-state index in [0.717, 1.165) is 18.4 Å². The SMILES string of the molecule is CC1CCCC1CNCc1ccccc1. The largest absolute Gasteiger partial charge is 0.312 e. The molecular weight excluding hydrogens is 182 g/mol. The lowest BCUT2D eigenvalue weighted by Crippen LogP contribution is -2.23. The van der Waals surface area contributed by atoms with Crippen molar-refractivity contribution in [1.82, 2.24) is 5.32 Å². The highest BCUT2D eigenvalue weighted by Gasteiger charge is 2.22. The Hall–Kier alpha value is -0.820. The molecule has 1 aromatic carbocycles. The summed E-state index contributed by atoms with van der Waals surface area (Å²) in [5.74, 6) is 1.84. The van der Waals surface area contributed by atoms with Crippen LogP contribution in [0, 0.1) is 11.8 Å². The van der Waals surface area contributed by atoms with Gasteiger partial charge in [-0.2, -0.15) is 0 Å². The van der Waals surface area contributed by atoms with Crippen LogP contribution in [-0.2, 0) is 6.54 Å². The molecule has 2 atom stereocenters. The zero-order chi connectivity index (χ0) is 10.5. The third-order valence-corrected chi connectivity index (χ3v) is 3.62. The third kappa shape index (κ3) is 3.07. The van der Waals surface area contributed by atoms with Crippen LogP contribution in [-0.4, -0.2) is 6.54 Å². The molecule has 1 saturated carbocycles. The Labute approximate surface area is 92.9 Å². The first kappa shape index (κ1) is 10.7. The lowest BCUT2D eigenvalue weighted by atomic mass is 9.98. The van der Waals surface area contributed by atoms with Crippen molar-refractivity contribution in [3.63, 3.8) is 0 Å². The Bertz CT molecular complexity index is 281. The average Bonchev–Trinajstić information content (AvgIpc) is 2.66. The van der Waals surface area contributed by atoms with Crippen LogP contribution in [0.3, 0.4) is 0 Å². The minimum absolute atomic E-state index is 0.911. The Morgan fingerprint density at radius 3 is 2.67 bits per heavy atom. The predicted octanol–water partition coefficient (Wildman–Crippen LogP) is 3.21. The third-order valence-electron chi connectivity index (χ3n) is 3.62. The van der Waals surface area contributed by atoms with Gasteiger partial charge in [0.05, 0.1) is 0 Å². The number of rotatable bonds is 4. The lowest BCUT2D eigenvalue weighted by Gasteiger charge is -2.15. The predicted molar refractivity (Wildman–Crippen MR) is 64.7 cm³/mol. The van der Waals surface area contributed by atoms with Crippen LogP contribution in [0.5, 0.6) is 0 Å². The van der Waals surface area contributed by atoms with E-state index in [-0.39, 0.29) is 0 Å². The Balaban J connectivity index is 1.71. The molecule has 2 rings (SSSR count). The van der Waals surface area contributed by atoms with Crippen molar-refractivity contribution in [3.8, 4) is 0 Å². The molecule has 0 radical (unpaired) electrons. The van der Waals surface area contributed by atoms with Gasteiger partial charge in [-0.25, -0.2) is 0 Å². The molecule has 15 heavy (non-hydrogen) atoms. The summed E-state index contributed by atoms with van der Waals surface area (Å²) >= 11 is 0. The second-order valence-corrected chi connectivity index (χ2v) is 4.78. The highest BCUT2D eigenvalue weighted by molar-refractivity contribution is 5.14. The molecule has 1 fully saturated rings. The molecule has 0 bridgehead atoms. The molecule has 2 unspecified atom stereocenters. The molecule has 1 N–H and O–H groups in total. The van der Waals surface area contributed by atoms with Gasteiger partial charge < -0.3 is 5.32 Å². The van der Waals surface area contributed by atoms with E-state index < -0.39 is 0 Å². The summed E-state index contributed by atoms with van der Waals surface area (Å²) in [5.41, 5.74) is 1.39. The summed E-state index contributed by atoms with van der Waals surface area (Å²) in [6.45, 7) is 4.60. The molecule has 82 valence electrons. The van der Waals surface area contributed by atoms with E-state index >= 15 is 0 Å². The first-order valence-electron chi connectivity index (χ1n) is 6.11. The molecule has 0 aliphatic heterocycles. The molecule has 1 nitrogen and oxygen atoms in total. The van der Waals surface area contributed by atoms with E-state index in [1.54, 1.807) is 0 Å². The van der Waals surface area contributed by atoms with Gasteiger partial charge in [0.15, 0.2) is 0 Å². The van der Waals surface area contributed by atoms with Crippen molar-refractivity contribution in [3.05, 3.63) is 35.9 Å². The molecule has 1 aliphatic rings. The normalized spacial score (nSPS) is 25.7. The van der Waals surface area contributed by atoms with E-state index in [1.165, 1.54) is 31.4 Å². The van der Waals surface area contributed by atoms with Gasteiger partial charge in [0.1, 0.15) is 0 Å². The van der Waals surface area contributed by atoms with Gasteiger partial charge in [-0.3, -0.25) is 0 Å². The number of benzene rings is 1. The van der Waals surface area contributed by atoms with E-state index in [2.05, 4.69) is 42.6 Å². The number of hydrogen-bond acceptors (Lipinski definition) is 1. The highest BCUT2D eigenvalue weighted by Crippen LogP contribution is 2.30. The maximum Gasteiger partial charge on any atom is 0.0205 e. The average molecular weight is 203 g/mol. The van der Waals surface area contributed by atoms with Gasteiger partial charge in [0, 0.05) is 6.54 Å². The van der Waals surface area contributed by atoms with Crippen molar-refractivity contribution in [1.29, 1.82) is 0 Å². The summed E-state index contributed by atoms with van der Waals surface area (Å²) in [5, 5.41) is 3.57. The van der Waals surface area contributed by atoms with Crippen LogP contribution in [0.25, 0.3) is 0 Å². The first-order chi connectivity index (χ1) is 7.36. The molecule has 1 aromatic rings. The fourth-order valence-electron chi connectivity index (χ4n) is 2.52. The van der Waals surface area contributed by atoms with Crippen LogP contribution in [0.4, 0.5) is 0 Å². The number of nitrogens with one attached hydrogen (secondary N) is 1. The zero-order valence-electron chi connectivity index (χ0n) is 9.58. The molecule has 0 saturated heterocycles. The summed E-state index contributed by atoms with van der Waals surface area (Å²) < 4.78 is 0. The smallest absolute Gasteiger partial charge is 0.0205 e. The van der Waals surface area contributed by atoms with Gasteiger partial charge in [0.2, 0.25) is 0 Å². The van der Waals surface area contributed by atoms with Crippen molar-refractivity contribution < 1.29 is 0 Å². The lowest BCUT2D eigenvalue weighted by molar-refractivity contribution is 0.392. The van der Waals surface area contributed by atoms with Crippen LogP contribution in [0.15, 0.2) is 30.3 Å². The summed E-state index contributed by atoms with van der Waals surface area (Å²) in [7, 11) is 0. The van der Waals surface area contributed by atoms with Crippen molar-refractivity contribution in [2.24, 2.45) is 11.8 Å². The van der Waals surface area contributed by atoms with Gasteiger partial charge >= 0.3 is 0 Å². The fraction of sp³-hybridized carbons (Fsp3) is 0.571. The molecule has 0 amide bonds. The van der Waals surface area contributed by atoms with Crippen molar-refractivity contribution in [2.75, 3.05) is 6.54 Å². The van der Waals surface area contributed by atoms with Crippen LogP contribution in [0.1, 0.15) is 31.7 Å². The van der Waals surface area contributed by atoms with E-state index in [9.17, 15) is 0 Å². The summed E-state index contributed by atoms with van der Waals surface area (Å²) in [6, 6.07) is 10.7. The Morgan fingerprint density at radius 1 is 1.20 bits per heavy atom. The standard InChI is InChI=1S/C14H21N/c1-12-6-5-9-14(12)11-15-10-13-7-3-2-4-8-13/h2-4,7-8,12,14-15H,5-6,9-11H2,1H3. The van der Waals surface area contributed by atoms with Crippen LogP contribution < -0.4 is 5.32 Å². The summed E-state index contributed by atoms with van der Waals surface area (Å²) in [4.78, 5) is 0. The minimum atomic E-state index is 0.911. The second-order valence-electron chi connectivity index (χ2n) is 4.78. The maximum absolute atomic E-state index is 3.57.